The molecule has 2 fully saturated rings. The highest BCUT2D eigenvalue weighted by Gasteiger charge is 2.31. The molecule has 0 bridgehead atoms. The third-order valence-corrected chi connectivity index (χ3v) is 3.04. The molecule has 0 amide bonds. The van der Waals surface area contributed by atoms with Gasteiger partial charge in [0.2, 0.25) is 0 Å². The molecular formula is C13H30N2. The second-order valence-electron chi connectivity index (χ2n) is 3.75. The molecule has 2 heterocycles. The van der Waals surface area contributed by atoms with Gasteiger partial charge in [0.25, 0.3) is 0 Å². The Morgan fingerprint density at radius 3 is 1.80 bits per heavy atom. The molecule has 2 aliphatic rings. The van der Waals surface area contributed by atoms with Crippen LogP contribution in [-0.4, -0.2) is 48.6 Å². The number of hydrogen-bond acceptors (Lipinski definition) is 2. The van der Waals surface area contributed by atoms with Gasteiger partial charge in [-0.15, -0.1) is 0 Å². The van der Waals surface area contributed by atoms with Gasteiger partial charge in [-0.05, 0) is 32.5 Å². The van der Waals surface area contributed by atoms with E-state index in [0.717, 1.165) is 6.04 Å². The topological polar surface area (TPSA) is 6.48 Å². The van der Waals surface area contributed by atoms with E-state index >= 15 is 0 Å². The quantitative estimate of drug-likeness (QED) is 0.697. The Hall–Kier alpha value is -0.0800. The molecule has 0 aromatic carbocycles. The average molecular weight is 214 g/mol. The maximum absolute atomic E-state index is 2.66. The van der Waals surface area contributed by atoms with E-state index in [-0.39, 0.29) is 0 Å². The number of likely N-dealkylation sites (N-methyl/N-ethyl adjacent to an activating group) is 1. The molecule has 15 heavy (non-hydrogen) atoms. The zero-order chi connectivity index (χ0) is 11.7. The standard InChI is InChI=1S/C9H18N2.2C2H6/c1-2-10-7-9(8-10)11-5-3-4-6-11;2*1-2/h9H,2-8H2,1H3;2*1-2H3. The van der Waals surface area contributed by atoms with Gasteiger partial charge in [-0.2, -0.15) is 0 Å². The van der Waals surface area contributed by atoms with Crippen molar-refractivity contribution < 1.29 is 0 Å². The minimum Gasteiger partial charge on any atom is -0.300 e. The monoisotopic (exact) mass is 214 g/mol. The summed E-state index contributed by atoms with van der Waals surface area (Å²) in [6.45, 7) is 16.9. The lowest BCUT2D eigenvalue weighted by Gasteiger charge is -2.43. The fourth-order valence-electron chi connectivity index (χ4n) is 2.14. The van der Waals surface area contributed by atoms with Crippen molar-refractivity contribution in [1.29, 1.82) is 0 Å². The van der Waals surface area contributed by atoms with Crippen molar-refractivity contribution in [3.63, 3.8) is 0 Å². The first-order valence-electron chi connectivity index (χ1n) is 6.86. The summed E-state index contributed by atoms with van der Waals surface area (Å²) in [6, 6.07) is 0.914. The van der Waals surface area contributed by atoms with Crippen LogP contribution in [0.4, 0.5) is 0 Å². The van der Waals surface area contributed by atoms with E-state index in [1.807, 2.05) is 27.7 Å². The molecule has 0 atom stereocenters. The van der Waals surface area contributed by atoms with Gasteiger partial charge < -0.3 is 4.90 Å². The summed E-state index contributed by atoms with van der Waals surface area (Å²) in [5, 5.41) is 0. The molecule has 2 heteroatoms. The third-order valence-electron chi connectivity index (χ3n) is 3.04. The number of rotatable bonds is 2. The van der Waals surface area contributed by atoms with Gasteiger partial charge in [0, 0.05) is 19.1 Å². The molecule has 0 radical (unpaired) electrons. The Balaban J connectivity index is 0.000000442. The fourth-order valence-corrected chi connectivity index (χ4v) is 2.14. The van der Waals surface area contributed by atoms with Crippen molar-refractivity contribution in [2.24, 2.45) is 0 Å². The van der Waals surface area contributed by atoms with Gasteiger partial charge in [0.05, 0.1) is 0 Å². The Bertz CT molecular complexity index is 124. The molecule has 2 aliphatic heterocycles. The Morgan fingerprint density at radius 2 is 1.40 bits per heavy atom. The fraction of sp³-hybridized carbons (Fsp3) is 1.00. The molecule has 2 saturated heterocycles. The first kappa shape index (κ1) is 14.9. The first-order valence-corrected chi connectivity index (χ1v) is 6.86. The molecule has 2 nitrogen and oxygen atoms in total. The molecule has 0 unspecified atom stereocenters. The van der Waals surface area contributed by atoms with E-state index < -0.39 is 0 Å². The Morgan fingerprint density at radius 1 is 0.933 bits per heavy atom. The summed E-state index contributed by atoms with van der Waals surface area (Å²) < 4.78 is 0. The average Bonchev–Trinajstić information content (AvgIpc) is 2.76. The number of likely N-dealkylation sites (tertiary alicyclic amines) is 2. The molecule has 0 saturated carbocycles. The highest BCUT2D eigenvalue weighted by atomic mass is 15.3. The summed E-state index contributed by atoms with van der Waals surface area (Å²) in [5.74, 6) is 0. The molecular weight excluding hydrogens is 184 g/mol. The van der Waals surface area contributed by atoms with Crippen LogP contribution in [-0.2, 0) is 0 Å². The molecule has 0 aliphatic carbocycles. The van der Waals surface area contributed by atoms with Crippen LogP contribution in [0.25, 0.3) is 0 Å². The van der Waals surface area contributed by atoms with Gasteiger partial charge in [-0.3, -0.25) is 4.90 Å². The second kappa shape index (κ2) is 9.17. The predicted octanol–water partition coefficient (Wildman–Crippen LogP) is 2.84. The molecule has 2 rings (SSSR count). The van der Waals surface area contributed by atoms with Crippen molar-refractivity contribution in [2.75, 3.05) is 32.7 Å². The van der Waals surface area contributed by atoms with Crippen molar-refractivity contribution in [3.8, 4) is 0 Å². The van der Waals surface area contributed by atoms with Crippen LogP contribution < -0.4 is 0 Å². The smallest absolute Gasteiger partial charge is 0.0350 e. The van der Waals surface area contributed by atoms with E-state index in [1.165, 1.54) is 45.6 Å². The summed E-state index contributed by atoms with van der Waals surface area (Å²) >= 11 is 0. The van der Waals surface area contributed by atoms with Gasteiger partial charge in [-0.25, -0.2) is 0 Å². The summed E-state index contributed by atoms with van der Waals surface area (Å²) in [5.41, 5.74) is 0. The van der Waals surface area contributed by atoms with Crippen LogP contribution in [0.5, 0.6) is 0 Å². The first-order chi connectivity index (χ1) is 7.40. The van der Waals surface area contributed by atoms with Crippen molar-refractivity contribution >= 4 is 0 Å². The third kappa shape index (κ3) is 4.52. The molecule has 0 aromatic heterocycles. The highest BCUT2D eigenvalue weighted by molar-refractivity contribution is 4.88. The lowest BCUT2D eigenvalue weighted by atomic mass is 10.1. The summed E-state index contributed by atoms with van der Waals surface area (Å²) in [7, 11) is 0. The van der Waals surface area contributed by atoms with Crippen LogP contribution in [0.3, 0.4) is 0 Å². The maximum Gasteiger partial charge on any atom is 0.0350 e. The predicted molar refractivity (Wildman–Crippen MR) is 69.4 cm³/mol. The van der Waals surface area contributed by atoms with Crippen molar-refractivity contribution in [3.05, 3.63) is 0 Å². The van der Waals surface area contributed by atoms with Gasteiger partial charge in [0.15, 0.2) is 0 Å². The number of nitrogens with zero attached hydrogens (tertiary/aromatic N) is 2. The van der Waals surface area contributed by atoms with Crippen LogP contribution in [0.1, 0.15) is 47.5 Å². The largest absolute Gasteiger partial charge is 0.300 e. The van der Waals surface area contributed by atoms with E-state index in [4.69, 9.17) is 0 Å². The van der Waals surface area contributed by atoms with Gasteiger partial charge in [0.1, 0.15) is 0 Å². The van der Waals surface area contributed by atoms with Gasteiger partial charge in [-0.1, -0.05) is 34.6 Å². The van der Waals surface area contributed by atoms with Crippen LogP contribution in [0, 0.1) is 0 Å². The highest BCUT2D eigenvalue weighted by Crippen LogP contribution is 2.19. The SMILES string of the molecule is CC.CC.CCN1CC(N2CCCC2)C1. The zero-order valence-electron chi connectivity index (χ0n) is 11.4. The Kier molecular flexibility index (Phi) is 9.12. The van der Waals surface area contributed by atoms with Gasteiger partial charge >= 0.3 is 0 Å². The summed E-state index contributed by atoms with van der Waals surface area (Å²) in [6.07, 6.45) is 2.87. The van der Waals surface area contributed by atoms with Crippen LogP contribution in [0.2, 0.25) is 0 Å². The second-order valence-corrected chi connectivity index (χ2v) is 3.75. The van der Waals surface area contributed by atoms with Crippen LogP contribution >= 0.6 is 0 Å². The molecule has 0 aromatic rings. The molecule has 92 valence electrons. The van der Waals surface area contributed by atoms with E-state index in [0.29, 0.717) is 0 Å². The van der Waals surface area contributed by atoms with E-state index in [9.17, 15) is 0 Å². The maximum atomic E-state index is 2.66. The van der Waals surface area contributed by atoms with E-state index in [2.05, 4.69) is 16.7 Å². The van der Waals surface area contributed by atoms with E-state index in [1.54, 1.807) is 0 Å². The van der Waals surface area contributed by atoms with Crippen LogP contribution in [0.15, 0.2) is 0 Å². The number of hydrogen-bond donors (Lipinski definition) is 0. The minimum absolute atomic E-state index is 0.914. The zero-order valence-corrected chi connectivity index (χ0v) is 11.4. The lowest BCUT2D eigenvalue weighted by molar-refractivity contribution is 0.0526. The molecule has 0 N–H and O–H groups in total. The summed E-state index contributed by atoms with van der Waals surface area (Å²) in [4.78, 5) is 5.18. The Labute approximate surface area is 96.6 Å². The normalized spacial score (nSPS) is 22.2. The molecule has 0 spiro atoms. The van der Waals surface area contributed by atoms with Crippen molar-refractivity contribution in [1.82, 2.24) is 9.80 Å². The minimum atomic E-state index is 0.914. The lowest BCUT2D eigenvalue weighted by Crippen LogP contribution is -2.58. The van der Waals surface area contributed by atoms with Crippen molar-refractivity contribution in [2.45, 2.75) is 53.5 Å².